The molecule has 3 heteroatoms. The number of ketones is 1. The van der Waals surface area contributed by atoms with Crippen LogP contribution in [-0.4, -0.2) is 19.0 Å². The number of hydrogen-bond donors (Lipinski definition) is 0. The SMILES string of the molecule is O=C(c1cccs1)C1(c2ccccc2)CCOCC1. The minimum Gasteiger partial charge on any atom is -0.381 e. The van der Waals surface area contributed by atoms with Gasteiger partial charge in [-0.1, -0.05) is 36.4 Å². The zero-order valence-corrected chi connectivity index (χ0v) is 11.5. The lowest BCUT2D eigenvalue weighted by molar-refractivity contribution is 0.0426. The second-order valence-corrected chi connectivity index (χ2v) is 5.81. The molecule has 0 spiro atoms. The third kappa shape index (κ3) is 2.24. The smallest absolute Gasteiger partial charge is 0.183 e. The van der Waals surface area contributed by atoms with Crippen LogP contribution in [0.4, 0.5) is 0 Å². The summed E-state index contributed by atoms with van der Waals surface area (Å²) in [5, 5.41) is 1.96. The van der Waals surface area contributed by atoms with Gasteiger partial charge in [0.15, 0.2) is 5.78 Å². The van der Waals surface area contributed by atoms with Gasteiger partial charge in [-0.05, 0) is 29.9 Å². The first kappa shape index (κ1) is 12.6. The molecule has 3 rings (SSSR count). The van der Waals surface area contributed by atoms with Gasteiger partial charge in [0.05, 0.1) is 10.3 Å². The molecule has 19 heavy (non-hydrogen) atoms. The van der Waals surface area contributed by atoms with Crippen LogP contribution in [0.1, 0.15) is 28.1 Å². The molecule has 0 bridgehead atoms. The van der Waals surface area contributed by atoms with Crippen LogP contribution in [0, 0.1) is 0 Å². The van der Waals surface area contributed by atoms with Crippen molar-refractivity contribution in [1.29, 1.82) is 0 Å². The van der Waals surface area contributed by atoms with Gasteiger partial charge in [0.2, 0.25) is 0 Å². The first-order valence-corrected chi connectivity index (χ1v) is 7.42. The number of Topliss-reactive ketones (excluding diaryl/α,β-unsaturated/α-hetero) is 1. The van der Waals surface area contributed by atoms with Crippen LogP contribution in [0.2, 0.25) is 0 Å². The van der Waals surface area contributed by atoms with E-state index in [0.29, 0.717) is 13.2 Å². The van der Waals surface area contributed by atoms with Gasteiger partial charge in [-0.25, -0.2) is 0 Å². The monoisotopic (exact) mass is 272 g/mol. The Balaban J connectivity index is 2.04. The lowest BCUT2D eigenvalue weighted by Gasteiger charge is -2.36. The molecular weight excluding hydrogens is 256 g/mol. The average molecular weight is 272 g/mol. The van der Waals surface area contributed by atoms with E-state index in [0.717, 1.165) is 23.3 Å². The van der Waals surface area contributed by atoms with E-state index in [9.17, 15) is 4.79 Å². The molecule has 0 radical (unpaired) electrons. The van der Waals surface area contributed by atoms with Gasteiger partial charge in [-0.2, -0.15) is 0 Å². The second-order valence-electron chi connectivity index (χ2n) is 4.87. The van der Waals surface area contributed by atoms with E-state index >= 15 is 0 Å². The van der Waals surface area contributed by atoms with Gasteiger partial charge in [-0.15, -0.1) is 11.3 Å². The number of carbonyl (C=O) groups is 1. The predicted octanol–water partition coefficient (Wildman–Crippen LogP) is 3.68. The maximum Gasteiger partial charge on any atom is 0.183 e. The molecule has 0 atom stereocenters. The van der Waals surface area contributed by atoms with Crippen molar-refractivity contribution in [2.24, 2.45) is 0 Å². The first-order valence-electron chi connectivity index (χ1n) is 6.54. The van der Waals surface area contributed by atoms with Crippen LogP contribution in [0.3, 0.4) is 0 Å². The van der Waals surface area contributed by atoms with Crippen molar-refractivity contribution < 1.29 is 9.53 Å². The summed E-state index contributed by atoms with van der Waals surface area (Å²) < 4.78 is 5.46. The highest BCUT2D eigenvalue weighted by atomic mass is 32.1. The summed E-state index contributed by atoms with van der Waals surface area (Å²) in [5.41, 5.74) is 0.723. The van der Waals surface area contributed by atoms with E-state index in [2.05, 4.69) is 12.1 Å². The largest absolute Gasteiger partial charge is 0.381 e. The third-order valence-corrected chi connectivity index (χ3v) is 4.72. The standard InChI is InChI=1S/C16H16O2S/c17-15(14-7-4-12-19-14)16(8-10-18-11-9-16)13-5-2-1-3-6-13/h1-7,12H,8-11H2. The lowest BCUT2D eigenvalue weighted by atomic mass is 9.70. The average Bonchev–Trinajstić information content (AvgIpc) is 3.02. The molecule has 2 heterocycles. The molecule has 0 amide bonds. The van der Waals surface area contributed by atoms with E-state index in [4.69, 9.17) is 4.74 Å². The summed E-state index contributed by atoms with van der Waals surface area (Å²) in [4.78, 5) is 13.8. The molecule has 1 aliphatic rings. The summed E-state index contributed by atoms with van der Waals surface area (Å²) in [6.45, 7) is 1.32. The van der Waals surface area contributed by atoms with Gasteiger partial charge in [0.1, 0.15) is 0 Å². The van der Waals surface area contributed by atoms with Gasteiger partial charge >= 0.3 is 0 Å². The fourth-order valence-electron chi connectivity index (χ4n) is 2.77. The highest BCUT2D eigenvalue weighted by molar-refractivity contribution is 7.12. The van der Waals surface area contributed by atoms with E-state index in [1.54, 1.807) is 0 Å². The zero-order valence-electron chi connectivity index (χ0n) is 10.7. The summed E-state index contributed by atoms with van der Waals surface area (Å²) in [6.07, 6.45) is 1.54. The minimum absolute atomic E-state index is 0.247. The molecule has 0 unspecified atom stereocenters. The molecule has 1 saturated heterocycles. The van der Waals surface area contributed by atoms with Gasteiger partial charge in [0, 0.05) is 13.2 Å². The number of ether oxygens (including phenoxy) is 1. The Morgan fingerprint density at radius 2 is 1.79 bits per heavy atom. The topological polar surface area (TPSA) is 26.3 Å². The molecule has 0 N–H and O–H groups in total. The van der Waals surface area contributed by atoms with Crippen molar-refractivity contribution >= 4 is 17.1 Å². The normalized spacial score (nSPS) is 18.1. The maximum absolute atomic E-state index is 12.9. The molecule has 1 fully saturated rings. The van der Waals surface area contributed by atoms with E-state index in [-0.39, 0.29) is 5.78 Å². The Kier molecular flexibility index (Phi) is 3.49. The summed E-state index contributed by atoms with van der Waals surface area (Å²) in [7, 11) is 0. The zero-order chi connectivity index (χ0) is 13.1. The van der Waals surface area contributed by atoms with Crippen molar-refractivity contribution in [2.45, 2.75) is 18.3 Å². The van der Waals surface area contributed by atoms with Crippen molar-refractivity contribution in [3.05, 3.63) is 58.3 Å². The molecule has 98 valence electrons. The number of rotatable bonds is 3. The number of benzene rings is 1. The highest BCUT2D eigenvalue weighted by Gasteiger charge is 2.42. The highest BCUT2D eigenvalue weighted by Crippen LogP contribution is 2.38. The van der Waals surface area contributed by atoms with E-state index < -0.39 is 5.41 Å². The van der Waals surface area contributed by atoms with Crippen LogP contribution < -0.4 is 0 Å². The minimum atomic E-state index is -0.398. The van der Waals surface area contributed by atoms with Crippen LogP contribution in [0.5, 0.6) is 0 Å². The van der Waals surface area contributed by atoms with Gasteiger partial charge in [0.25, 0.3) is 0 Å². The van der Waals surface area contributed by atoms with Crippen LogP contribution in [0.25, 0.3) is 0 Å². The fourth-order valence-corrected chi connectivity index (χ4v) is 3.53. The Hall–Kier alpha value is -1.45. The Morgan fingerprint density at radius 3 is 2.42 bits per heavy atom. The Morgan fingerprint density at radius 1 is 1.05 bits per heavy atom. The summed E-state index contributed by atoms with van der Waals surface area (Å²) in [5.74, 6) is 0.247. The second kappa shape index (κ2) is 5.27. The van der Waals surface area contributed by atoms with Gasteiger partial charge in [-0.3, -0.25) is 4.79 Å². The summed E-state index contributed by atoms with van der Waals surface area (Å²) >= 11 is 1.53. The number of carbonyl (C=O) groups excluding carboxylic acids is 1. The Bertz CT molecular complexity index is 539. The molecule has 1 aromatic heterocycles. The number of hydrogen-bond acceptors (Lipinski definition) is 3. The maximum atomic E-state index is 12.9. The molecule has 0 saturated carbocycles. The van der Waals surface area contributed by atoms with Crippen molar-refractivity contribution in [3.63, 3.8) is 0 Å². The fraction of sp³-hybridized carbons (Fsp3) is 0.312. The van der Waals surface area contributed by atoms with Crippen LogP contribution in [-0.2, 0) is 10.2 Å². The van der Waals surface area contributed by atoms with Crippen molar-refractivity contribution in [1.82, 2.24) is 0 Å². The Labute approximate surface area is 117 Å². The first-order chi connectivity index (χ1) is 9.33. The van der Waals surface area contributed by atoms with Crippen molar-refractivity contribution in [3.8, 4) is 0 Å². The van der Waals surface area contributed by atoms with E-state index in [1.807, 2.05) is 35.7 Å². The molecule has 1 aliphatic heterocycles. The third-order valence-electron chi connectivity index (χ3n) is 3.85. The van der Waals surface area contributed by atoms with Crippen molar-refractivity contribution in [2.75, 3.05) is 13.2 Å². The summed E-state index contributed by atoms with van der Waals surface area (Å²) in [6, 6.07) is 14.0. The molecule has 1 aromatic carbocycles. The number of thiophene rings is 1. The molecule has 2 aromatic rings. The molecule has 2 nitrogen and oxygen atoms in total. The lowest BCUT2D eigenvalue weighted by Crippen LogP contribution is -2.41. The van der Waals surface area contributed by atoms with E-state index in [1.165, 1.54) is 11.3 Å². The quantitative estimate of drug-likeness (QED) is 0.797. The van der Waals surface area contributed by atoms with Crippen LogP contribution in [0.15, 0.2) is 47.8 Å². The van der Waals surface area contributed by atoms with Crippen LogP contribution >= 0.6 is 11.3 Å². The molecular formula is C16H16O2S. The predicted molar refractivity (Wildman–Crippen MR) is 76.8 cm³/mol. The molecule has 0 aliphatic carbocycles. The van der Waals surface area contributed by atoms with Gasteiger partial charge < -0.3 is 4.74 Å².